The molecule has 2 rings (SSSR count). The van der Waals surface area contributed by atoms with Crippen molar-refractivity contribution in [2.75, 3.05) is 0 Å². The van der Waals surface area contributed by atoms with Gasteiger partial charge in [0.25, 0.3) is 0 Å². The maximum Gasteiger partial charge on any atom is 0.233 e. The van der Waals surface area contributed by atoms with Crippen LogP contribution in [-0.4, -0.2) is 26.9 Å². The largest absolute Gasteiger partial charge is 0.508 e. The normalized spacial score (nSPS) is 10.1. The molecule has 0 radical (unpaired) electrons. The summed E-state index contributed by atoms with van der Waals surface area (Å²) in [6.07, 6.45) is 0. The SMILES string of the molecule is O=C(C(=O)c1ccc(O)c(O)c1)c1ccc(O)cc1. The van der Waals surface area contributed by atoms with Crippen molar-refractivity contribution in [1.82, 2.24) is 0 Å². The molecule has 0 aliphatic carbocycles. The van der Waals surface area contributed by atoms with Crippen LogP contribution in [0.4, 0.5) is 0 Å². The summed E-state index contributed by atoms with van der Waals surface area (Å²) in [6.45, 7) is 0. The van der Waals surface area contributed by atoms with Crippen LogP contribution in [0.2, 0.25) is 0 Å². The van der Waals surface area contributed by atoms with Crippen LogP contribution in [0.1, 0.15) is 20.7 Å². The molecule has 0 aliphatic rings. The Morgan fingerprint density at radius 2 is 1.21 bits per heavy atom. The van der Waals surface area contributed by atoms with Gasteiger partial charge in [0.15, 0.2) is 11.5 Å². The van der Waals surface area contributed by atoms with Gasteiger partial charge in [0.1, 0.15) is 5.75 Å². The van der Waals surface area contributed by atoms with Crippen molar-refractivity contribution in [2.45, 2.75) is 0 Å². The number of ketones is 2. The van der Waals surface area contributed by atoms with Crippen LogP contribution in [0.5, 0.6) is 17.2 Å². The summed E-state index contributed by atoms with van der Waals surface area (Å²) in [5.74, 6) is -2.41. The van der Waals surface area contributed by atoms with Crippen LogP contribution < -0.4 is 0 Å². The Balaban J connectivity index is 2.30. The zero-order valence-electron chi connectivity index (χ0n) is 9.70. The number of hydrogen-bond acceptors (Lipinski definition) is 5. The van der Waals surface area contributed by atoms with Gasteiger partial charge in [-0.05, 0) is 42.5 Å². The fourth-order valence-electron chi connectivity index (χ4n) is 1.54. The highest BCUT2D eigenvalue weighted by Crippen LogP contribution is 2.25. The summed E-state index contributed by atoms with van der Waals surface area (Å²) in [5, 5.41) is 27.5. The minimum Gasteiger partial charge on any atom is -0.508 e. The second-order valence-corrected chi connectivity index (χ2v) is 3.91. The van der Waals surface area contributed by atoms with E-state index in [1.165, 1.54) is 30.3 Å². The Hall–Kier alpha value is -2.82. The molecule has 0 saturated carbocycles. The van der Waals surface area contributed by atoms with Crippen molar-refractivity contribution in [1.29, 1.82) is 0 Å². The first kappa shape index (κ1) is 12.6. The third-order valence-corrected chi connectivity index (χ3v) is 2.57. The van der Waals surface area contributed by atoms with Crippen LogP contribution in [0.3, 0.4) is 0 Å². The first-order valence-electron chi connectivity index (χ1n) is 5.39. The molecule has 0 bridgehead atoms. The maximum atomic E-state index is 11.9. The topological polar surface area (TPSA) is 94.8 Å². The molecule has 0 aliphatic heterocycles. The van der Waals surface area contributed by atoms with E-state index in [1.807, 2.05) is 0 Å². The lowest BCUT2D eigenvalue weighted by molar-refractivity contribution is 0.0816. The number of carbonyl (C=O) groups is 2. The molecule has 0 fully saturated rings. The van der Waals surface area contributed by atoms with Gasteiger partial charge in [0.05, 0.1) is 0 Å². The first-order chi connectivity index (χ1) is 8.99. The molecule has 0 unspecified atom stereocenters. The number of aromatic hydroxyl groups is 3. The Kier molecular flexibility index (Phi) is 3.20. The van der Waals surface area contributed by atoms with Gasteiger partial charge >= 0.3 is 0 Å². The van der Waals surface area contributed by atoms with Crippen molar-refractivity contribution in [3.8, 4) is 17.2 Å². The number of carbonyl (C=O) groups excluding carboxylic acids is 2. The van der Waals surface area contributed by atoms with E-state index in [4.69, 9.17) is 10.2 Å². The van der Waals surface area contributed by atoms with Crippen molar-refractivity contribution in [3.05, 3.63) is 53.6 Å². The van der Waals surface area contributed by atoms with Gasteiger partial charge in [-0.25, -0.2) is 0 Å². The Morgan fingerprint density at radius 3 is 1.79 bits per heavy atom. The van der Waals surface area contributed by atoms with Gasteiger partial charge in [-0.3, -0.25) is 9.59 Å². The highest BCUT2D eigenvalue weighted by Gasteiger charge is 2.19. The van der Waals surface area contributed by atoms with E-state index < -0.39 is 17.3 Å². The lowest BCUT2D eigenvalue weighted by Crippen LogP contribution is -2.14. The zero-order chi connectivity index (χ0) is 14.0. The van der Waals surface area contributed by atoms with E-state index >= 15 is 0 Å². The monoisotopic (exact) mass is 258 g/mol. The molecule has 96 valence electrons. The predicted molar refractivity (Wildman–Crippen MR) is 66.5 cm³/mol. The molecule has 2 aromatic carbocycles. The fourth-order valence-corrected chi connectivity index (χ4v) is 1.54. The van der Waals surface area contributed by atoms with E-state index in [0.717, 1.165) is 12.1 Å². The lowest BCUT2D eigenvalue weighted by Gasteiger charge is -2.03. The van der Waals surface area contributed by atoms with E-state index in [-0.39, 0.29) is 22.6 Å². The molecule has 0 aromatic heterocycles. The fraction of sp³-hybridized carbons (Fsp3) is 0. The van der Waals surface area contributed by atoms with E-state index in [0.29, 0.717) is 0 Å². The van der Waals surface area contributed by atoms with Crippen molar-refractivity contribution in [2.24, 2.45) is 0 Å². The lowest BCUT2D eigenvalue weighted by atomic mass is 10.0. The Morgan fingerprint density at radius 1 is 0.684 bits per heavy atom. The summed E-state index contributed by atoms with van der Waals surface area (Å²) in [5.41, 5.74) is 0.115. The molecule has 2 aromatic rings. The van der Waals surface area contributed by atoms with E-state index in [9.17, 15) is 14.7 Å². The molecule has 3 N–H and O–H groups in total. The highest BCUT2D eigenvalue weighted by molar-refractivity contribution is 6.49. The number of phenolic OH excluding ortho intramolecular Hbond substituents is 3. The zero-order valence-corrected chi connectivity index (χ0v) is 9.70. The van der Waals surface area contributed by atoms with Gasteiger partial charge in [-0.2, -0.15) is 0 Å². The second kappa shape index (κ2) is 4.81. The summed E-state index contributed by atoms with van der Waals surface area (Å²) in [7, 11) is 0. The summed E-state index contributed by atoms with van der Waals surface area (Å²) < 4.78 is 0. The number of Topliss-reactive ketones (excluding diaryl/α,β-unsaturated/α-hetero) is 2. The van der Waals surface area contributed by atoms with Gasteiger partial charge in [-0.1, -0.05) is 0 Å². The molecule has 5 heteroatoms. The van der Waals surface area contributed by atoms with Crippen molar-refractivity contribution >= 4 is 11.6 Å². The first-order valence-corrected chi connectivity index (χ1v) is 5.39. The average molecular weight is 258 g/mol. The van der Waals surface area contributed by atoms with E-state index in [1.54, 1.807) is 0 Å². The van der Waals surface area contributed by atoms with Crippen LogP contribution in [0, 0.1) is 0 Å². The molecular formula is C14H10O5. The summed E-state index contributed by atoms with van der Waals surface area (Å²) >= 11 is 0. The van der Waals surface area contributed by atoms with Gasteiger partial charge in [0.2, 0.25) is 11.6 Å². The molecule has 5 nitrogen and oxygen atoms in total. The van der Waals surface area contributed by atoms with Crippen molar-refractivity contribution in [3.63, 3.8) is 0 Å². The van der Waals surface area contributed by atoms with Crippen molar-refractivity contribution < 1.29 is 24.9 Å². The number of benzene rings is 2. The van der Waals surface area contributed by atoms with Gasteiger partial charge in [-0.15, -0.1) is 0 Å². The summed E-state index contributed by atoms with van der Waals surface area (Å²) in [6, 6.07) is 8.66. The predicted octanol–water partition coefficient (Wildman–Crippen LogP) is 1.87. The minimum atomic E-state index is -0.805. The van der Waals surface area contributed by atoms with E-state index in [2.05, 4.69) is 0 Å². The Bertz CT molecular complexity index is 643. The second-order valence-electron chi connectivity index (χ2n) is 3.91. The van der Waals surface area contributed by atoms with Crippen LogP contribution in [0.15, 0.2) is 42.5 Å². The van der Waals surface area contributed by atoms with Gasteiger partial charge < -0.3 is 15.3 Å². The minimum absolute atomic E-state index is 0.00808. The Labute approximate surface area is 108 Å². The van der Waals surface area contributed by atoms with Crippen LogP contribution in [0.25, 0.3) is 0 Å². The average Bonchev–Trinajstić information content (AvgIpc) is 2.41. The third-order valence-electron chi connectivity index (χ3n) is 2.57. The smallest absolute Gasteiger partial charge is 0.233 e. The number of hydrogen-bond donors (Lipinski definition) is 3. The molecule has 19 heavy (non-hydrogen) atoms. The maximum absolute atomic E-state index is 11.9. The highest BCUT2D eigenvalue weighted by atomic mass is 16.3. The molecule has 0 spiro atoms. The van der Waals surface area contributed by atoms with Gasteiger partial charge in [0, 0.05) is 11.1 Å². The third kappa shape index (κ3) is 2.55. The molecular weight excluding hydrogens is 248 g/mol. The van der Waals surface area contributed by atoms with Crippen LogP contribution in [-0.2, 0) is 0 Å². The molecule has 0 amide bonds. The molecule has 0 saturated heterocycles. The van der Waals surface area contributed by atoms with Crippen LogP contribution >= 0.6 is 0 Å². The number of phenols is 3. The number of rotatable bonds is 3. The quantitative estimate of drug-likeness (QED) is 0.444. The standard InChI is InChI=1S/C14H10O5/c15-10-4-1-8(2-5-10)13(18)14(19)9-3-6-11(16)12(17)7-9/h1-7,15-17H. The molecule has 0 heterocycles. The summed E-state index contributed by atoms with van der Waals surface area (Å²) in [4.78, 5) is 23.8. The molecule has 0 atom stereocenters.